The second-order valence-electron chi connectivity index (χ2n) is 8.46. The third-order valence-corrected chi connectivity index (χ3v) is 5.13. The van der Waals surface area contributed by atoms with Gasteiger partial charge in [0.25, 0.3) is 0 Å². The molecule has 0 aliphatic carbocycles. The Morgan fingerprint density at radius 2 is 1.72 bits per heavy atom. The van der Waals surface area contributed by atoms with Crippen LogP contribution >= 0.6 is 0 Å². The van der Waals surface area contributed by atoms with Gasteiger partial charge in [-0.3, -0.25) is 4.79 Å². The molecule has 0 N–H and O–H groups in total. The molecule has 29 heavy (non-hydrogen) atoms. The number of allylic oxidation sites excluding steroid dienone is 6. The fourth-order valence-corrected chi connectivity index (χ4v) is 3.19. The molecular weight excluding hydrogens is 356 g/mol. The lowest BCUT2D eigenvalue weighted by molar-refractivity contribution is -0.104. The van der Waals surface area contributed by atoms with Crippen LogP contribution in [-0.4, -0.2) is 12.9 Å². The normalized spacial score (nSPS) is 13.0. The molecule has 2 heteroatoms. The van der Waals surface area contributed by atoms with E-state index in [9.17, 15) is 4.79 Å². The lowest BCUT2D eigenvalue weighted by atomic mass is 9.89. The average Bonchev–Trinajstić information content (AvgIpc) is 2.67. The summed E-state index contributed by atoms with van der Waals surface area (Å²) < 4.78 is 6.38. The molecule has 2 nitrogen and oxygen atoms in total. The first-order chi connectivity index (χ1) is 13.8. The SMILES string of the molecule is CCCCCCOc1c(\C(C)=C/C=C/C(C)=C/C=O)cc(C(C)C)cc1C(C)C. The van der Waals surface area contributed by atoms with Crippen LogP contribution < -0.4 is 4.74 Å². The van der Waals surface area contributed by atoms with E-state index in [1.807, 2.05) is 19.1 Å². The Hall–Kier alpha value is -2.09. The van der Waals surface area contributed by atoms with E-state index in [-0.39, 0.29) is 0 Å². The van der Waals surface area contributed by atoms with E-state index in [0.717, 1.165) is 30.6 Å². The molecule has 0 radical (unpaired) electrons. The molecule has 0 amide bonds. The van der Waals surface area contributed by atoms with E-state index in [2.05, 4.69) is 59.8 Å². The standard InChI is InChI=1S/C27H40O2/c1-8-9-10-11-17-29-27-25(21(4)5)18-24(20(2)3)19-26(27)23(7)14-12-13-22(6)15-16-28/h12-16,18-21H,8-11,17H2,1-7H3/b13-12+,22-15+,23-14-. The predicted octanol–water partition coefficient (Wildman–Crippen LogP) is 8.00. The lowest BCUT2D eigenvalue weighted by Crippen LogP contribution is -2.06. The summed E-state index contributed by atoms with van der Waals surface area (Å²) in [6.45, 7) is 16.0. The van der Waals surface area contributed by atoms with Crippen LogP contribution in [0.3, 0.4) is 0 Å². The quantitative estimate of drug-likeness (QED) is 0.155. The molecule has 0 bridgehead atoms. The van der Waals surface area contributed by atoms with Crippen LogP contribution in [-0.2, 0) is 4.79 Å². The van der Waals surface area contributed by atoms with Gasteiger partial charge in [0.2, 0.25) is 0 Å². The number of benzene rings is 1. The summed E-state index contributed by atoms with van der Waals surface area (Å²) in [6, 6.07) is 4.60. The maximum atomic E-state index is 10.6. The van der Waals surface area contributed by atoms with E-state index in [1.54, 1.807) is 6.08 Å². The van der Waals surface area contributed by atoms with Gasteiger partial charge in [-0.1, -0.05) is 78.2 Å². The Labute approximate surface area is 178 Å². The van der Waals surface area contributed by atoms with Crippen molar-refractivity contribution in [2.24, 2.45) is 0 Å². The van der Waals surface area contributed by atoms with E-state index in [4.69, 9.17) is 4.74 Å². The first-order valence-electron chi connectivity index (χ1n) is 11.1. The van der Waals surface area contributed by atoms with Crippen LogP contribution in [0.5, 0.6) is 5.75 Å². The van der Waals surface area contributed by atoms with Crippen LogP contribution in [0.2, 0.25) is 0 Å². The second-order valence-corrected chi connectivity index (χ2v) is 8.46. The summed E-state index contributed by atoms with van der Waals surface area (Å²) in [5, 5.41) is 0. The molecule has 0 saturated heterocycles. The van der Waals surface area contributed by atoms with Gasteiger partial charge in [-0.15, -0.1) is 0 Å². The van der Waals surface area contributed by atoms with Gasteiger partial charge in [0.15, 0.2) is 0 Å². The van der Waals surface area contributed by atoms with Crippen LogP contribution in [0.4, 0.5) is 0 Å². The average molecular weight is 397 g/mol. The fourth-order valence-electron chi connectivity index (χ4n) is 3.19. The van der Waals surface area contributed by atoms with Gasteiger partial charge in [0.1, 0.15) is 12.0 Å². The number of hydrogen-bond donors (Lipinski definition) is 0. The fraction of sp³-hybridized carbons (Fsp3) is 0.519. The van der Waals surface area contributed by atoms with Gasteiger partial charge >= 0.3 is 0 Å². The van der Waals surface area contributed by atoms with Crippen molar-refractivity contribution < 1.29 is 9.53 Å². The molecule has 0 aliphatic rings. The third-order valence-electron chi connectivity index (χ3n) is 5.13. The highest BCUT2D eigenvalue weighted by Crippen LogP contribution is 2.37. The zero-order valence-electron chi connectivity index (χ0n) is 19.5. The zero-order valence-corrected chi connectivity index (χ0v) is 19.5. The maximum Gasteiger partial charge on any atom is 0.143 e. The molecule has 0 spiro atoms. The molecule has 0 heterocycles. The topological polar surface area (TPSA) is 26.3 Å². The Kier molecular flexibility index (Phi) is 11.3. The van der Waals surface area contributed by atoms with Crippen molar-refractivity contribution in [3.05, 3.63) is 58.7 Å². The Morgan fingerprint density at radius 1 is 1.00 bits per heavy atom. The number of rotatable bonds is 12. The largest absolute Gasteiger partial charge is 0.493 e. The van der Waals surface area contributed by atoms with Crippen LogP contribution in [0.25, 0.3) is 5.57 Å². The lowest BCUT2D eigenvalue weighted by Gasteiger charge is -2.21. The highest BCUT2D eigenvalue weighted by Gasteiger charge is 2.17. The van der Waals surface area contributed by atoms with Crippen molar-refractivity contribution in [1.29, 1.82) is 0 Å². The van der Waals surface area contributed by atoms with Crippen LogP contribution in [0, 0.1) is 0 Å². The molecule has 0 aliphatic heterocycles. The number of unbranched alkanes of at least 4 members (excludes halogenated alkanes) is 3. The van der Waals surface area contributed by atoms with Gasteiger partial charge in [0, 0.05) is 5.56 Å². The Balaban J connectivity index is 3.31. The monoisotopic (exact) mass is 396 g/mol. The highest BCUT2D eigenvalue weighted by atomic mass is 16.5. The summed E-state index contributed by atoms with van der Waals surface area (Å²) in [6.07, 6.45) is 13.3. The maximum absolute atomic E-state index is 10.6. The third kappa shape index (κ3) is 8.43. The minimum Gasteiger partial charge on any atom is -0.493 e. The minimum absolute atomic E-state index is 0.402. The number of hydrogen-bond acceptors (Lipinski definition) is 2. The van der Waals surface area contributed by atoms with Crippen LogP contribution in [0.1, 0.15) is 103 Å². The van der Waals surface area contributed by atoms with Gasteiger partial charge in [-0.2, -0.15) is 0 Å². The second kappa shape index (κ2) is 13.2. The molecule has 1 aromatic rings. The molecule has 1 rings (SSSR count). The van der Waals surface area contributed by atoms with Crippen LogP contribution in [0.15, 0.2) is 42.0 Å². The van der Waals surface area contributed by atoms with Crippen molar-refractivity contribution in [1.82, 2.24) is 0 Å². The van der Waals surface area contributed by atoms with Crippen molar-refractivity contribution in [3.8, 4) is 5.75 Å². The first-order valence-corrected chi connectivity index (χ1v) is 11.1. The molecule has 0 saturated carbocycles. The van der Waals surface area contributed by atoms with Crippen molar-refractivity contribution in [3.63, 3.8) is 0 Å². The number of carbonyl (C=O) groups is 1. The predicted molar refractivity (Wildman–Crippen MR) is 127 cm³/mol. The summed E-state index contributed by atoms with van der Waals surface area (Å²) in [7, 11) is 0. The molecular formula is C27H40O2. The molecule has 0 atom stereocenters. The van der Waals surface area contributed by atoms with Gasteiger partial charge in [0.05, 0.1) is 6.61 Å². The van der Waals surface area contributed by atoms with Crippen molar-refractivity contribution in [2.75, 3.05) is 6.61 Å². The summed E-state index contributed by atoms with van der Waals surface area (Å²) in [5.41, 5.74) is 5.92. The summed E-state index contributed by atoms with van der Waals surface area (Å²) in [5.74, 6) is 1.90. The zero-order chi connectivity index (χ0) is 21.8. The minimum atomic E-state index is 0.402. The van der Waals surface area contributed by atoms with Crippen molar-refractivity contribution >= 4 is 11.9 Å². The van der Waals surface area contributed by atoms with Gasteiger partial charge in [-0.25, -0.2) is 0 Å². The van der Waals surface area contributed by atoms with Gasteiger partial charge in [-0.05, 0) is 66.5 Å². The molecule has 0 aromatic heterocycles. The summed E-state index contributed by atoms with van der Waals surface area (Å²) in [4.78, 5) is 10.6. The number of carbonyl (C=O) groups excluding carboxylic acids is 1. The number of ether oxygens (including phenoxy) is 1. The molecule has 1 aromatic carbocycles. The van der Waals surface area contributed by atoms with Gasteiger partial charge < -0.3 is 4.74 Å². The molecule has 0 unspecified atom stereocenters. The highest BCUT2D eigenvalue weighted by molar-refractivity contribution is 5.73. The van der Waals surface area contributed by atoms with E-state index in [1.165, 1.54) is 41.5 Å². The van der Waals surface area contributed by atoms with E-state index in [0.29, 0.717) is 11.8 Å². The smallest absolute Gasteiger partial charge is 0.143 e. The Bertz CT molecular complexity index is 733. The molecule has 0 fully saturated rings. The first kappa shape index (κ1) is 24.9. The van der Waals surface area contributed by atoms with E-state index >= 15 is 0 Å². The summed E-state index contributed by atoms with van der Waals surface area (Å²) >= 11 is 0. The van der Waals surface area contributed by atoms with Crippen molar-refractivity contribution in [2.45, 2.75) is 86.0 Å². The molecule has 160 valence electrons. The Morgan fingerprint density at radius 3 is 2.31 bits per heavy atom. The van der Waals surface area contributed by atoms with E-state index < -0.39 is 0 Å². The number of aldehydes is 1.